The second kappa shape index (κ2) is 3.85. The third-order valence-corrected chi connectivity index (χ3v) is 1.91. The third-order valence-electron chi connectivity index (χ3n) is 0.754. The Morgan fingerprint density at radius 2 is 1.89 bits per heavy atom. The maximum absolute atomic E-state index is 3.02. The van der Waals surface area contributed by atoms with E-state index in [0.717, 1.165) is 5.75 Å². The molecule has 0 spiro atoms. The van der Waals surface area contributed by atoms with Crippen molar-refractivity contribution in [3.05, 3.63) is 0 Å². The van der Waals surface area contributed by atoms with Crippen LogP contribution in [0.1, 0.15) is 27.7 Å². The van der Waals surface area contributed by atoms with Crippen LogP contribution in [0.15, 0.2) is 0 Å². The zero-order chi connectivity index (χ0) is 7.33. The van der Waals surface area contributed by atoms with Crippen molar-refractivity contribution in [2.75, 3.05) is 5.75 Å². The van der Waals surface area contributed by atoms with Gasteiger partial charge in [0.05, 0.1) is 5.75 Å². The SMILES string of the molecule is CC#CCSC(C)(C)C. The monoisotopic (exact) mass is 142 g/mol. The van der Waals surface area contributed by atoms with Gasteiger partial charge in [-0.1, -0.05) is 26.7 Å². The largest absolute Gasteiger partial charge is 0.143 e. The standard InChI is InChI=1S/C8H14S/c1-5-6-7-9-8(2,3)4/h7H2,1-4H3. The smallest absolute Gasteiger partial charge is 0.0552 e. The van der Waals surface area contributed by atoms with E-state index in [1.54, 1.807) is 0 Å². The van der Waals surface area contributed by atoms with Gasteiger partial charge >= 0.3 is 0 Å². The van der Waals surface area contributed by atoms with Crippen molar-refractivity contribution < 1.29 is 0 Å². The van der Waals surface area contributed by atoms with Crippen molar-refractivity contribution in [3.8, 4) is 11.8 Å². The van der Waals surface area contributed by atoms with E-state index in [4.69, 9.17) is 0 Å². The summed E-state index contributed by atoms with van der Waals surface area (Å²) in [5.41, 5.74) is 0. The van der Waals surface area contributed by atoms with Crippen LogP contribution in [-0.4, -0.2) is 10.5 Å². The average Bonchev–Trinajstić information content (AvgIpc) is 1.63. The summed E-state index contributed by atoms with van der Waals surface area (Å²) in [6, 6.07) is 0. The number of thioether (sulfide) groups is 1. The Bertz CT molecular complexity index is 120. The summed E-state index contributed by atoms with van der Waals surface area (Å²) in [4.78, 5) is 0. The summed E-state index contributed by atoms with van der Waals surface area (Å²) in [5.74, 6) is 6.85. The molecule has 0 radical (unpaired) electrons. The molecule has 0 heterocycles. The minimum absolute atomic E-state index is 0.365. The van der Waals surface area contributed by atoms with Gasteiger partial charge in [0.2, 0.25) is 0 Å². The second-order valence-electron chi connectivity index (χ2n) is 2.83. The highest BCUT2D eigenvalue weighted by Gasteiger charge is 2.07. The van der Waals surface area contributed by atoms with Crippen LogP contribution in [0.25, 0.3) is 0 Å². The molecule has 52 valence electrons. The molecule has 0 nitrogen and oxygen atoms in total. The van der Waals surface area contributed by atoms with E-state index in [2.05, 4.69) is 32.6 Å². The van der Waals surface area contributed by atoms with Gasteiger partial charge in [-0.05, 0) is 6.92 Å². The fraction of sp³-hybridized carbons (Fsp3) is 0.750. The molecule has 0 unspecified atom stereocenters. The van der Waals surface area contributed by atoms with Crippen LogP contribution in [0.3, 0.4) is 0 Å². The molecule has 0 fully saturated rings. The molecule has 0 aliphatic carbocycles. The predicted octanol–water partition coefficient (Wildman–Crippen LogP) is 2.54. The van der Waals surface area contributed by atoms with Crippen LogP contribution in [-0.2, 0) is 0 Å². The van der Waals surface area contributed by atoms with E-state index in [0.29, 0.717) is 4.75 Å². The summed E-state index contributed by atoms with van der Waals surface area (Å²) in [6.07, 6.45) is 0. The van der Waals surface area contributed by atoms with E-state index in [1.165, 1.54) is 0 Å². The van der Waals surface area contributed by atoms with Crippen LogP contribution in [0.5, 0.6) is 0 Å². The lowest BCUT2D eigenvalue weighted by Gasteiger charge is -2.14. The van der Waals surface area contributed by atoms with Gasteiger partial charge in [-0.15, -0.1) is 17.7 Å². The van der Waals surface area contributed by atoms with Gasteiger partial charge in [-0.2, -0.15) is 0 Å². The normalized spacial score (nSPS) is 10.2. The molecule has 0 aromatic carbocycles. The highest BCUT2D eigenvalue weighted by Crippen LogP contribution is 2.21. The Hall–Kier alpha value is -0.0900. The summed E-state index contributed by atoms with van der Waals surface area (Å²) in [5, 5.41) is 0. The summed E-state index contributed by atoms with van der Waals surface area (Å²) >= 11 is 1.88. The van der Waals surface area contributed by atoms with E-state index >= 15 is 0 Å². The fourth-order valence-corrected chi connectivity index (χ4v) is 0.974. The third kappa shape index (κ3) is 7.91. The van der Waals surface area contributed by atoms with Crippen molar-refractivity contribution in [1.82, 2.24) is 0 Å². The van der Waals surface area contributed by atoms with Crippen molar-refractivity contribution in [2.45, 2.75) is 32.4 Å². The fourth-order valence-electron chi connectivity index (χ4n) is 0.325. The first-order valence-electron chi connectivity index (χ1n) is 3.10. The van der Waals surface area contributed by atoms with Crippen LogP contribution < -0.4 is 0 Å². The molecule has 0 rings (SSSR count). The highest BCUT2D eigenvalue weighted by atomic mass is 32.2. The quantitative estimate of drug-likeness (QED) is 0.507. The molecule has 0 atom stereocenters. The molecule has 9 heavy (non-hydrogen) atoms. The molecule has 0 aliphatic rings. The van der Waals surface area contributed by atoms with Crippen LogP contribution in [0.4, 0.5) is 0 Å². The molecule has 0 aromatic heterocycles. The molecule has 0 saturated carbocycles. The van der Waals surface area contributed by atoms with Crippen molar-refractivity contribution in [1.29, 1.82) is 0 Å². The van der Waals surface area contributed by atoms with Crippen LogP contribution >= 0.6 is 11.8 Å². The lowest BCUT2D eigenvalue weighted by atomic mass is 10.3. The Morgan fingerprint density at radius 1 is 1.33 bits per heavy atom. The van der Waals surface area contributed by atoms with E-state index < -0.39 is 0 Å². The average molecular weight is 142 g/mol. The molecule has 1 heteroatoms. The zero-order valence-corrected chi connectivity index (χ0v) is 7.43. The molecule has 0 bridgehead atoms. The van der Waals surface area contributed by atoms with Gasteiger partial charge < -0.3 is 0 Å². The van der Waals surface area contributed by atoms with Gasteiger partial charge in [-0.25, -0.2) is 0 Å². The Morgan fingerprint density at radius 3 is 2.22 bits per heavy atom. The lowest BCUT2D eigenvalue weighted by molar-refractivity contribution is 0.805. The van der Waals surface area contributed by atoms with Crippen molar-refractivity contribution >= 4 is 11.8 Å². The minimum Gasteiger partial charge on any atom is -0.143 e. The van der Waals surface area contributed by atoms with Crippen LogP contribution in [0, 0.1) is 11.8 Å². The summed E-state index contributed by atoms with van der Waals surface area (Å²) in [6.45, 7) is 8.49. The van der Waals surface area contributed by atoms with Gasteiger partial charge in [0.25, 0.3) is 0 Å². The van der Waals surface area contributed by atoms with Gasteiger partial charge in [-0.3, -0.25) is 0 Å². The number of hydrogen-bond acceptors (Lipinski definition) is 1. The molecular formula is C8H14S. The topological polar surface area (TPSA) is 0 Å². The molecule has 0 aromatic rings. The predicted molar refractivity (Wildman–Crippen MR) is 45.7 cm³/mol. The lowest BCUT2D eigenvalue weighted by Crippen LogP contribution is -2.07. The Balaban J connectivity index is 3.36. The second-order valence-corrected chi connectivity index (χ2v) is 4.63. The van der Waals surface area contributed by atoms with E-state index in [-0.39, 0.29) is 0 Å². The van der Waals surface area contributed by atoms with Gasteiger partial charge in [0.15, 0.2) is 0 Å². The first-order chi connectivity index (χ1) is 4.06. The van der Waals surface area contributed by atoms with Crippen molar-refractivity contribution in [3.63, 3.8) is 0 Å². The first kappa shape index (κ1) is 8.91. The summed E-state index contributed by atoms with van der Waals surface area (Å²) in [7, 11) is 0. The van der Waals surface area contributed by atoms with E-state index in [1.807, 2.05) is 18.7 Å². The van der Waals surface area contributed by atoms with Gasteiger partial charge in [0.1, 0.15) is 0 Å². The highest BCUT2D eigenvalue weighted by molar-refractivity contribution is 8.00. The summed E-state index contributed by atoms with van der Waals surface area (Å²) < 4.78 is 0.365. The number of hydrogen-bond donors (Lipinski definition) is 0. The molecular weight excluding hydrogens is 128 g/mol. The molecule has 0 saturated heterocycles. The maximum atomic E-state index is 3.02. The molecule has 0 aliphatic heterocycles. The van der Waals surface area contributed by atoms with Crippen LogP contribution in [0.2, 0.25) is 0 Å². The van der Waals surface area contributed by atoms with Gasteiger partial charge in [0, 0.05) is 4.75 Å². The maximum Gasteiger partial charge on any atom is 0.0552 e. The molecule has 0 N–H and O–H groups in total. The Kier molecular flexibility index (Phi) is 3.81. The Labute approximate surface area is 62.4 Å². The number of rotatable bonds is 1. The van der Waals surface area contributed by atoms with Crippen molar-refractivity contribution in [2.24, 2.45) is 0 Å². The zero-order valence-electron chi connectivity index (χ0n) is 6.62. The molecule has 0 amide bonds. The van der Waals surface area contributed by atoms with E-state index in [9.17, 15) is 0 Å². The minimum atomic E-state index is 0.365. The first-order valence-corrected chi connectivity index (χ1v) is 4.08.